The number of carboxylic acid groups (broad SMARTS) is 1. The molecule has 1 aliphatic rings. The quantitative estimate of drug-likeness (QED) is 0.304. The van der Waals surface area contributed by atoms with Crippen LogP contribution in [0.5, 0.6) is 5.75 Å². The molecule has 32 heavy (non-hydrogen) atoms. The number of benzene rings is 2. The van der Waals surface area contributed by atoms with Crippen molar-refractivity contribution in [2.75, 3.05) is 20.3 Å². The zero-order valence-corrected chi connectivity index (χ0v) is 21.0. The van der Waals surface area contributed by atoms with E-state index >= 15 is 0 Å². The largest absolute Gasteiger partial charge is 0.487 e. The summed E-state index contributed by atoms with van der Waals surface area (Å²) in [6, 6.07) is 10.0. The van der Waals surface area contributed by atoms with Crippen molar-refractivity contribution in [3.8, 4) is 5.75 Å². The fraction of sp³-hybridized carbons (Fsp3) is 0.227. The van der Waals surface area contributed by atoms with Crippen molar-refractivity contribution in [2.24, 2.45) is 0 Å². The van der Waals surface area contributed by atoms with E-state index in [0.717, 1.165) is 22.9 Å². The van der Waals surface area contributed by atoms with Gasteiger partial charge in [-0.25, -0.2) is 4.79 Å². The lowest BCUT2D eigenvalue weighted by molar-refractivity contribution is -0.122. The minimum atomic E-state index is -0.980. The van der Waals surface area contributed by atoms with Crippen LogP contribution >= 0.6 is 43.6 Å². The Labute approximate surface area is 206 Å². The molecule has 1 fully saturated rings. The predicted octanol–water partition coefficient (Wildman–Crippen LogP) is 5.56. The number of nitrogens with zero attached hydrogens (tertiary/aromatic N) is 1. The van der Waals surface area contributed by atoms with Crippen LogP contribution in [0.2, 0.25) is 0 Å². The molecule has 3 rings (SSSR count). The highest BCUT2D eigenvalue weighted by Gasteiger charge is 2.34. The molecule has 0 unspecified atom stereocenters. The van der Waals surface area contributed by atoms with Gasteiger partial charge in [0.25, 0.3) is 11.1 Å². The molecule has 1 saturated heterocycles. The van der Waals surface area contributed by atoms with Crippen LogP contribution in [0.3, 0.4) is 0 Å². The average molecular weight is 585 g/mol. The maximum absolute atomic E-state index is 12.6. The van der Waals surface area contributed by atoms with Gasteiger partial charge in [-0.3, -0.25) is 14.5 Å². The molecule has 0 saturated carbocycles. The van der Waals surface area contributed by atoms with Gasteiger partial charge in [0.1, 0.15) is 12.4 Å². The molecule has 0 aromatic heterocycles. The average Bonchev–Trinajstić information content (AvgIpc) is 3.01. The number of imide groups is 1. The summed E-state index contributed by atoms with van der Waals surface area (Å²) in [5.41, 5.74) is 1.76. The Morgan fingerprint density at radius 3 is 2.41 bits per heavy atom. The first kappa shape index (κ1) is 24.5. The lowest BCUT2D eigenvalue weighted by Gasteiger charge is -2.12. The Morgan fingerprint density at radius 2 is 1.81 bits per heavy atom. The minimum absolute atomic E-state index is 0.212. The molecule has 0 spiro atoms. The molecule has 2 amide bonds. The molecule has 2 aromatic carbocycles. The van der Waals surface area contributed by atoms with Gasteiger partial charge in [-0.05, 0) is 91.5 Å². The van der Waals surface area contributed by atoms with Crippen molar-refractivity contribution < 1.29 is 29.0 Å². The topological polar surface area (TPSA) is 93.1 Å². The van der Waals surface area contributed by atoms with Gasteiger partial charge in [0, 0.05) is 20.3 Å². The smallest absolute Gasteiger partial charge is 0.335 e. The number of carbonyl (C=O) groups is 3. The number of methoxy groups -OCH3 is 1. The van der Waals surface area contributed by atoms with Crippen molar-refractivity contribution >= 4 is 66.8 Å². The first-order valence-electron chi connectivity index (χ1n) is 9.48. The molecule has 1 aliphatic heterocycles. The molecule has 0 bridgehead atoms. The first-order chi connectivity index (χ1) is 15.3. The highest BCUT2D eigenvalue weighted by molar-refractivity contribution is 9.11. The first-order valence-corrected chi connectivity index (χ1v) is 11.9. The van der Waals surface area contributed by atoms with E-state index in [1.54, 1.807) is 37.5 Å². The number of thioether (sulfide) groups is 1. The van der Waals surface area contributed by atoms with E-state index in [0.29, 0.717) is 39.2 Å². The van der Waals surface area contributed by atoms with Crippen molar-refractivity contribution in [2.45, 2.75) is 13.0 Å². The van der Waals surface area contributed by atoms with E-state index in [9.17, 15) is 14.4 Å². The highest BCUT2D eigenvalue weighted by atomic mass is 79.9. The fourth-order valence-corrected chi connectivity index (χ4v) is 5.23. The third-order valence-corrected chi connectivity index (χ3v) is 6.59. The summed E-state index contributed by atoms with van der Waals surface area (Å²) in [7, 11) is 1.58. The van der Waals surface area contributed by atoms with Crippen LogP contribution < -0.4 is 4.74 Å². The maximum atomic E-state index is 12.6. The number of aromatic carboxylic acids is 1. The van der Waals surface area contributed by atoms with Gasteiger partial charge >= 0.3 is 5.97 Å². The zero-order valence-electron chi connectivity index (χ0n) is 17.0. The molecule has 0 radical (unpaired) electrons. The molecule has 0 atom stereocenters. The molecular weight excluding hydrogens is 566 g/mol. The van der Waals surface area contributed by atoms with Gasteiger partial charge in [0.15, 0.2) is 0 Å². The zero-order chi connectivity index (χ0) is 23.3. The maximum Gasteiger partial charge on any atom is 0.335 e. The number of carbonyl (C=O) groups excluding carboxylic acids is 2. The number of ether oxygens (including phenoxy) is 2. The van der Waals surface area contributed by atoms with Crippen molar-refractivity contribution in [3.05, 3.63) is 66.9 Å². The Bertz CT molecular complexity index is 1050. The molecule has 0 aliphatic carbocycles. The van der Waals surface area contributed by atoms with Gasteiger partial charge in [-0.15, -0.1) is 0 Å². The van der Waals surface area contributed by atoms with Crippen LogP contribution in [0.4, 0.5) is 4.79 Å². The third-order valence-electron chi connectivity index (χ3n) is 4.51. The summed E-state index contributed by atoms with van der Waals surface area (Å²) in [5, 5.41) is 8.69. The third kappa shape index (κ3) is 6.00. The van der Waals surface area contributed by atoms with E-state index in [1.165, 1.54) is 17.0 Å². The highest BCUT2D eigenvalue weighted by Crippen LogP contribution is 2.38. The molecule has 2 aromatic rings. The van der Waals surface area contributed by atoms with Crippen molar-refractivity contribution in [1.29, 1.82) is 0 Å². The number of hydrogen-bond acceptors (Lipinski definition) is 6. The van der Waals surface area contributed by atoms with Crippen molar-refractivity contribution in [1.82, 2.24) is 4.90 Å². The van der Waals surface area contributed by atoms with E-state index in [4.69, 9.17) is 14.6 Å². The predicted molar refractivity (Wildman–Crippen MR) is 129 cm³/mol. The lowest BCUT2D eigenvalue weighted by Crippen LogP contribution is -2.29. The Kier molecular flexibility index (Phi) is 8.52. The van der Waals surface area contributed by atoms with E-state index in [-0.39, 0.29) is 23.3 Å². The number of carboxylic acids is 1. The number of halogens is 2. The van der Waals surface area contributed by atoms with Crippen LogP contribution in [0.15, 0.2) is 50.2 Å². The van der Waals surface area contributed by atoms with Gasteiger partial charge in [0.05, 0.1) is 19.4 Å². The molecule has 7 nitrogen and oxygen atoms in total. The summed E-state index contributed by atoms with van der Waals surface area (Å²) >= 11 is 7.89. The van der Waals surface area contributed by atoms with Gasteiger partial charge in [-0.2, -0.15) is 0 Å². The van der Waals surface area contributed by atoms with Gasteiger partial charge in [-0.1, -0.05) is 12.1 Å². The fourth-order valence-electron chi connectivity index (χ4n) is 2.91. The van der Waals surface area contributed by atoms with Crippen LogP contribution in [-0.4, -0.2) is 47.4 Å². The standard InChI is InChI=1S/C22H19Br2NO6S/c1-30-8-2-7-25-20(26)18(32-22(25)29)11-14-9-16(23)19(17(24)10-14)31-12-13-3-5-15(6-4-13)21(27)28/h3-6,9-11H,2,7-8,12H2,1H3,(H,27,28)/b18-11+. The Balaban J connectivity index is 1.70. The summed E-state index contributed by atoms with van der Waals surface area (Å²) in [4.78, 5) is 37.3. The second-order valence-corrected chi connectivity index (χ2v) is 9.49. The molecule has 10 heteroatoms. The SMILES string of the molecule is COCCCN1C(=O)S/C(=C/c2cc(Br)c(OCc3ccc(C(=O)O)cc3)c(Br)c2)C1=O. The minimum Gasteiger partial charge on any atom is -0.487 e. The Morgan fingerprint density at radius 1 is 1.16 bits per heavy atom. The van der Waals surface area contributed by atoms with Crippen LogP contribution in [0, 0.1) is 0 Å². The van der Waals surface area contributed by atoms with Gasteiger partial charge < -0.3 is 14.6 Å². The normalized spacial score (nSPS) is 15.0. The number of rotatable bonds is 9. The van der Waals surface area contributed by atoms with E-state index in [1.807, 2.05) is 0 Å². The Hall–Kier alpha value is -2.14. The van der Waals surface area contributed by atoms with Crippen LogP contribution in [0.1, 0.15) is 27.9 Å². The van der Waals surface area contributed by atoms with E-state index in [2.05, 4.69) is 31.9 Å². The monoisotopic (exact) mass is 583 g/mol. The number of amides is 2. The second kappa shape index (κ2) is 11.1. The van der Waals surface area contributed by atoms with Crippen LogP contribution in [-0.2, 0) is 16.1 Å². The summed E-state index contributed by atoms with van der Waals surface area (Å²) < 4.78 is 12.2. The summed E-state index contributed by atoms with van der Waals surface area (Å²) in [6.07, 6.45) is 2.26. The lowest BCUT2D eigenvalue weighted by atomic mass is 10.1. The van der Waals surface area contributed by atoms with E-state index < -0.39 is 5.97 Å². The summed E-state index contributed by atoms with van der Waals surface area (Å²) in [6.45, 7) is 1.05. The van der Waals surface area contributed by atoms with Crippen LogP contribution in [0.25, 0.3) is 6.08 Å². The number of hydrogen-bond donors (Lipinski definition) is 1. The summed E-state index contributed by atoms with van der Waals surface area (Å²) in [5.74, 6) is -0.725. The molecule has 168 valence electrons. The second-order valence-electron chi connectivity index (χ2n) is 6.78. The molecular formula is C22H19Br2NO6S. The van der Waals surface area contributed by atoms with Gasteiger partial charge in [0.2, 0.25) is 0 Å². The molecule has 1 N–H and O–H groups in total. The van der Waals surface area contributed by atoms with Crippen molar-refractivity contribution in [3.63, 3.8) is 0 Å². The molecule has 1 heterocycles.